The lowest BCUT2D eigenvalue weighted by Gasteiger charge is -2.33. The maximum atomic E-state index is 12.5. The van der Waals surface area contributed by atoms with Crippen molar-refractivity contribution in [1.82, 2.24) is 30.2 Å². The summed E-state index contributed by atoms with van der Waals surface area (Å²) in [6.45, 7) is 4.59. The molecule has 2 unspecified atom stereocenters. The fraction of sp³-hybridized carbons (Fsp3) is 0.500. The van der Waals surface area contributed by atoms with E-state index in [1.165, 1.54) is 0 Å². The number of nitrogens with zero attached hydrogens (tertiary/aromatic N) is 4. The number of rotatable bonds is 4. The van der Waals surface area contributed by atoms with Crippen molar-refractivity contribution in [2.45, 2.75) is 45.3 Å². The van der Waals surface area contributed by atoms with E-state index in [1.54, 1.807) is 24.0 Å². The van der Waals surface area contributed by atoms with E-state index in [4.69, 9.17) is 0 Å². The smallest absolute Gasteiger partial charge is 0.272 e. The van der Waals surface area contributed by atoms with Gasteiger partial charge in [0.1, 0.15) is 5.69 Å². The topological polar surface area (TPSA) is 93.8 Å². The fourth-order valence-corrected chi connectivity index (χ4v) is 3.02. The van der Waals surface area contributed by atoms with Crippen molar-refractivity contribution in [3.05, 3.63) is 35.4 Å². The minimum Gasteiger partial charge on any atom is -0.346 e. The second-order valence-electron chi connectivity index (χ2n) is 6.03. The molecule has 24 heavy (non-hydrogen) atoms. The molecule has 1 aliphatic rings. The largest absolute Gasteiger partial charge is 0.346 e. The molecule has 1 aliphatic heterocycles. The van der Waals surface area contributed by atoms with Gasteiger partial charge in [-0.3, -0.25) is 19.0 Å². The number of nitrogens with one attached hydrogen (secondary N) is 2. The Labute approximate surface area is 140 Å². The lowest BCUT2D eigenvalue weighted by atomic mass is 9.95. The quantitative estimate of drug-likeness (QED) is 0.863. The first kappa shape index (κ1) is 16.2. The molecule has 0 saturated carbocycles. The van der Waals surface area contributed by atoms with Crippen molar-refractivity contribution in [2.24, 2.45) is 7.05 Å². The van der Waals surface area contributed by atoms with Crippen LogP contribution in [0.25, 0.3) is 0 Å². The molecular formula is C16H22N6O2. The second-order valence-corrected chi connectivity index (χ2v) is 6.03. The summed E-state index contributed by atoms with van der Waals surface area (Å²) in [5.74, 6) is -0.240. The van der Waals surface area contributed by atoms with E-state index in [0.29, 0.717) is 25.1 Å². The van der Waals surface area contributed by atoms with Crippen LogP contribution in [0, 0.1) is 6.92 Å². The first-order valence-electron chi connectivity index (χ1n) is 8.12. The number of carbonyl (C=O) groups excluding carboxylic acids is 2. The molecule has 0 radical (unpaired) electrons. The van der Waals surface area contributed by atoms with Gasteiger partial charge in [0.25, 0.3) is 5.91 Å². The third kappa shape index (κ3) is 3.04. The summed E-state index contributed by atoms with van der Waals surface area (Å²) in [5.41, 5.74) is 2.19. The van der Waals surface area contributed by atoms with E-state index in [1.807, 2.05) is 24.6 Å². The van der Waals surface area contributed by atoms with Gasteiger partial charge in [0.15, 0.2) is 0 Å². The van der Waals surface area contributed by atoms with Crippen LogP contribution in [0.15, 0.2) is 18.3 Å². The van der Waals surface area contributed by atoms with Gasteiger partial charge >= 0.3 is 0 Å². The number of amides is 2. The molecule has 3 heterocycles. The highest BCUT2D eigenvalue weighted by Crippen LogP contribution is 2.24. The number of aromatic nitrogens is 4. The van der Waals surface area contributed by atoms with E-state index >= 15 is 0 Å². The predicted molar refractivity (Wildman–Crippen MR) is 87.2 cm³/mol. The lowest BCUT2D eigenvalue weighted by Crippen LogP contribution is -2.50. The number of hydrogen-bond donors (Lipinski definition) is 2. The zero-order valence-corrected chi connectivity index (χ0v) is 14.1. The van der Waals surface area contributed by atoms with Crippen LogP contribution in [0.4, 0.5) is 0 Å². The highest BCUT2D eigenvalue weighted by Gasteiger charge is 2.33. The molecule has 0 bridgehead atoms. The highest BCUT2D eigenvalue weighted by atomic mass is 16.2. The highest BCUT2D eigenvalue weighted by molar-refractivity contribution is 5.92. The molecule has 2 aromatic rings. The molecule has 2 amide bonds. The lowest BCUT2D eigenvalue weighted by molar-refractivity contribution is -0.123. The van der Waals surface area contributed by atoms with E-state index in [-0.39, 0.29) is 23.9 Å². The van der Waals surface area contributed by atoms with Crippen LogP contribution in [0.5, 0.6) is 0 Å². The number of carbonyl (C=O) groups is 2. The van der Waals surface area contributed by atoms with Gasteiger partial charge < -0.3 is 10.6 Å². The molecular weight excluding hydrogens is 308 g/mol. The monoisotopic (exact) mass is 330 g/mol. The van der Waals surface area contributed by atoms with Gasteiger partial charge in [-0.25, -0.2) is 0 Å². The van der Waals surface area contributed by atoms with Gasteiger partial charge in [0.05, 0.1) is 17.8 Å². The van der Waals surface area contributed by atoms with Crippen molar-refractivity contribution >= 4 is 11.8 Å². The molecule has 8 nitrogen and oxygen atoms in total. The molecule has 1 fully saturated rings. The summed E-state index contributed by atoms with van der Waals surface area (Å²) < 4.78 is 3.50. The standard InChI is InChI=1S/C16H22N6O2/c1-4-22-13(7-8-17-22)15-11(5-6-14(23)19-15)18-16(24)12-9-10(2)21(3)20-12/h7-9,11,15H,4-6H2,1-3H3,(H,18,24)(H,19,23). The van der Waals surface area contributed by atoms with Crippen molar-refractivity contribution < 1.29 is 9.59 Å². The van der Waals surface area contributed by atoms with Crippen LogP contribution in [-0.2, 0) is 18.4 Å². The van der Waals surface area contributed by atoms with E-state index in [9.17, 15) is 9.59 Å². The van der Waals surface area contributed by atoms with E-state index in [2.05, 4.69) is 20.8 Å². The molecule has 0 spiro atoms. The minimum absolute atomic E-state index is 0.0111. The SMILES string of the molecule is CCn1nccc1C1NC(=O)CCC1NC(=O)c1cc(C)n(C)n1. The molecule has 0 aliphatic carbocycles. The molecule has 1 saturated heterocycles. The van der Waals surface area contributed by atoms with Gasteiger partial charge in [-0.15, -0.1) is 0 Å². The minimum atomic E-state index is -0.289. The Hall–Kier alpha value is -2.64. The summed E-state index contributed by atoms with van der Waals surface area (Å²) in [7, 11) is 1.80. The average Bonchev–Trinajstić information content (AvgIpc) is 3.16. The number of aryl methyl sites for hydroxylation is 3. The summed E-state index contributed by atoms with van der Waals surface area (Å²) in [6.07, 6.45) is 2.69. The zero-order chi connectivity index (χ0) is 17.3. The van der Waals surface area contributed by atoms with Crippen LogP contribution in [-0.4, -0.2) is 37.4 Å². The zero-order valence-electron chi connectivity index (χ0n) is 14.1. The summed E-state index contributed by atoms with van der Waals surface area (Å²) >= 11 is 0. The summed E-state index contributed by atoms with van der Waals surface area (Å²) in [4.78, 5) is 24.4. The molecule has 8 heteroatoms. The van der Waals surface area contributed by atoms with Crippen LogP contribution in [0.1, 0.15) is 47.7 Å². The van der Waals surface area contributed by atoms with Gasteiger partial charge in [0, 0.05) is 31.9 Å². The van der Waals surface area contributed by atoms with Crippen molar-refractivity contribution in [1.29, 1.82) is 0 Å². The molecule has 0 aromatic carbocycles. The van der Waals surface area contributed by atoms with Gasteiger partial charge in [-0.1, -0.05) is 0 Å². The van der Waals surface area contributed by atoms with Gasteiger partial charge in [-0.2, -0.15) is 10.2 Å². The predicted octanol–water partition coefficient (Wildman–Crippen LogP) is 0.695. The third-order valence-corrected chi connectivity index (χ3v) is 4.43. The Morgan fingerprint density at radius 1 is 1.50 bits per heavy atom. The van der Waals surface area contributed by atoms with Crippen LogP contribution in [0.2, 0.25) is 0 Å². The number of piperidine rings is 1. The van der Waals surface area contributed by atoms with Crippen molar-refractivity contribution in [3.63, 3.8) is 0 Å². The molecule has 2 N–H and O–H groups in total. The van der Waals surface area contributed by atoms with E-state index < -0.39 is 0 Å². The van der Waals surface area contributed by atoms with Crippen LogP contribution >= 0.6 is 0 Å². The molecule has 2 aromatic heterocycles. The molecule has 2 atom stereocenters. The second kappa shape index (κ2) is 6.46. The first-order valence-corrected chi connectivity index (χ1v) is 8.12. The Morgan fingerprint density at radius 2 is 2.29 bits per heavy atom. The molecule has 128 valence electrons. The van der Waals surface area contributed by atoms with Crippen LogP contribution < -0.4 is 10.6 Å². The maximum absolute atomic E-state index is 12.5. The maximum Gasteiger partial charge on any atom is 0.272 e. The van der Waals surface area contributed by atoms with Crippen molar-refractivity contribution in [3.8, 4) is 0 Å². The Kier molecular flexibility index (Phi) is 4.37. The third-order valence-electron chi connectivity index (χ3n) is 4.43. The summed E-state index contributed by atoms with van der Waals surface area (Å²) in [5, 5.41) is 14.5. The Morgan fingerprint density at radius 3 is 2.96 bits per heavy atom. The Bertz CT molecular complexity index is 743. The average molecular weight is 330 g/mol. The summed E-state index contributed by atoms with van der Waals surface area (Å²) in [6, 6.07) is 3.15. The number of hydrogen-bond acceptors (Lipinski definition) is 4. The Balaban J connectivity index is 1.81. The first-order chi connectivity index (χ1) is 11.5. The van der Waals surface area contributed by atoms with E-state index in [0.717, 1.165) is 11.4 Å². The van der Waals surface area contributed by atoms with Gasteiger partial charge in [-0.05, 0) is 32.4 Å². The molecule has 3 rings (SSSR count). The fourth-order valence-electron chi connectivity index (χ4n) is 3.02. The van der Waals surface area contributed by atoms with Gasteiger partial charge in [0.2, 0.25) is 5.91 Å². The normalized spacial score (nSPS) is 20.7. The van der Waals surface area contributed by atoms with Crippen LogP contribution in [0.3, 0.4) is 0 Å². The van der Waals surface area contributed by atoms with Crippen molar-refractivity contribution in [2.75, 3.05) is 0 Å².